The van der Waals surface area contributed by atoms with Crippen molar-refractivity contribution >= 4 is 11.7 Å². The largest absolute Gasteiger partial charge is 0.462 e. The number of anilines is 1. The number of esters is 1. The zero-order valence-electron chi connectivity index (χ0n) is 11.8. The molecule has 4 nitrogen and oxygen atoms in total. The lowest BCUT2D eigenvalue weighted by molar-refractivity contribution is 0.0527. The molecule has 4 heteroatoms. The normalized spacial score (nSPS) is 9.71. The summed E-state index contributed by atoms with van der Waals surface area (Å²) in [6.07, 6.45) is 0. The van der Waals surface area contributed by atoms with E-state index in [-0.39, 0.29) is 5.97 Å². The van der Waals surface area contributed by atoms with Gasteiger partial charge in [0.1, 0.15) is 0 Å². The lowest BCUT2D eigenvalue weighted by atomic mass is 10.1. The molecular weight excluding hydrogens is 264 g/mol. The van der Waals surface area contributed by atoms with Crippen molar-refractivity contribution in [2.75, 3.05) is 11.9 Å². The Bertz CT molecular complexity index is 674. The van der Waals surface area contributed by atoms with Crippen molar-refractivity contribution in [2.24, 2.45) is 0 Å². The van der Waals surface area contributed by atoms with Crippen molar-refractivity contribution in [1.29, 1.82) is 5.26 Å². The van der Waals surface area contributed by atoms with Gasteiger partial charge in [0, 0.05) is 12.2 Å². The highest BCUT2D eigenvalue weighted by Gasteiger charge is 2.11. The number of carbonyl (C=O) groups is 1. The first-order valence-electron chi connectivity index (χ1n) is 6.74. The molecule has 106 valence electrons. The number of hydrogen-bond donors (Lipinski definition) is 1. The van der Waals surface area contributed by atoms with Gasteiger partial charge in [-0.05, 0) is 30.7 Å². The van der Waals surface area contributed by atoms with Crippen molar-refractivity contribution in [3.8, 4) is 6.07 Å². The van der Waals surface area contributed by atoms with Crippen molar-refractivity contribution in [2.45, 2.75) is 13.5 Å². The number of nitrogens with zero attached hydrogens (tertiary/aromatic N) is 1. The second-order valence-electron chi connectivity index (χ2n) is 4.39. The third-order valence-corrected chi connectivity index (χ3v) is 3.03. The first-order chi connectivity index (χ1) is 10.3. The number of hydrogen-bond acceptors (Lipinski definition) is 4. The third kappa shape index (κ3) is 3.61. The Morgan fingerprint density at radius 1 is 1.19 bits per heavy atom. The van der Waals surface area contributed by atoms with Gasteiger partial charge in [-0.3, -0.25) is 0 Å². The van der Waals surface area contributed by atoms with Crippen LogP contribution < -0.4 is 5.32 Å². The molecule has 1 N–H and O–H groups in total. The summed E-state index contributed by atoms with van der Waals surface area (Å²) < 4.78 is 5.03. The molecule has 0 aliphatic rings. The van der Waals surface area contributed by atoms with E-state index < -0.39 is 0 Å². The van der Waals surface area contributed by atoms with Gasteiger partial charge in [-0.2, -0.15) is 5.26 Å². The summed E-state index contributed by atoms with van der Waals surface area (Å²) in [6.45, 7) is 2.59. The quantitative estimate of drug-likeness (QED) is 0.853. The molecule has 0 aromatic heterocycles. The maximum absolute atomic E-state index is 11.9. The molecule has 0 aliphatic heterocycles. The fraction of sp³-hybridized carbons (Fsp3) is 0.176. The Kier molecular flexibility index (Phi) is 4.94. The molecule has 21 heavy (non-hydrogen) atoms. The summed E-state index contributed by atoms with van der Waals surface area (Å²) in [7, 11) is 0. The van der Waals surface area contributed by atoms with E-state index in [0.717, 1.165) is 5.56 Å². The summed E-state index contributed by atoms with van der Waals surface area (Å²) in [5.41, 5.74) is 2.70. The van der Waals surface area contributed by atoms with Crippen molar-refractivity contribution < 1.29 is 9.53 Å². The van der Waals surface area contributed by atoms with Crippen LogP contribution in [0.3, 0.4) is 0 Å². The van der Waals surface area contributed by atoms with Gasteiger partial charge in [0.25, 0.3) is 0 Å². The van der Waals surface area contributed by atoms with E-state index in [1.165, 1.54) is 0 Å². The second-order valence-corrected chi connectivity index (χ2v) is 4.39. The van der Waals surface area contributed by atoms with Crippen LogP contribution in [0.15, 0.2) is 48.5 Å². The maximum atomic E-state index is 11.9. The Labute approximate surface area is 124 Å². The Morgan fingerprint density at radius 2 is 1.90 bits per heavy atom. The zero-order valence-corrected chi connectivity index (χ0v) is 11.8. The van der Waals surface area contributed by atoms with E-state index in [9.17, 15) is 4.79 Å². The van der Waals surface area contributed by atoms with E-state index >= 15 is 0 Å². The van der Waals surface area contributed by atoms with E-state index in [1.54, 1.807) is 25.1 Å². The molecule has 0 radical (unpaired) electrons. The summed E-state index contributed by atoms with van der Waals surface area (Å²) in [5, 5.41) is 12.3. The molecule has 2 aromatic rings. The molecule has 0 atom stereocenters. The Balaban J connectivity index is 2.17. The first kappa shape index (κ1) is 14.6. The van der Waals surface area contributed by atoms with Crippen LogP contribution in [-0.2, 0) is 11.3 Å². The molecular formula is C17H16N2O2. The maximum Gasteiger partial charge on any atom is 0.340 e. The summed E-state index contributed by atoms with van der Waals surface area (Å²) in [6, 6.07) is 16.7. The van der Waals surface area contributed by atoms with Gasteiger partial charge >= 0.3 is 5.97 Å². The summed E-state index contributed by atoms with van der Waals surface area (Å²) >= 11 is 0. The highest BCUT2D eigenvalue weighted by atomic mass is 16.5. The minimum Gasteiger partial charge on any atom is -0.462 e. The number of carbonyl (C=O) groups excluding carboxylic acids is 1. The SMILES string of the molecule is CCOC(=O)c1ccccc1NCc1ccccc1C#N. The molecule has 0 saturated heterocycles. The van der Waals surface area contributed by atoms with Crippen LogP contribution in [0.4, 0.5) is 5.69 Å². The van der Waals surface area contributed by atoms with Gasteiger partial charge in [-0.1, -0.05) is 30.3 Å². The van der Waals surface area contributed by atoms with Gasteiger partial charge in [0.15, 0.2) is 0 Å². The van der Waals surface area contributed by atoms with Crippen molar-refractivity contribution in [1.82, 2.24) is 0 Å². The summed E-state index contributed by atoms with van der Waals surface area (Å²) in [4.78, 5) is 11.9. The number of nitriles is 1. The van der Waals surface area contributed by atoms with Crippen LogP contribution in [0.25, 0.3) is 0 Å². The zero-order chi connectivity index (χ0) is 15.1. The fourth-order valence-electron chi connectivity index (χ4n) is 2.00. The van der Waals surface area contributed by atoms with Gasteiger partial charge < -0.3 is 10.1 Å². The van der Waals surface area contributed by atoms with Crippen molar-refractivity contribution in [3.05, 3.63) is 65.2 Å². The van der Waals surface area contributed by atoms with Crippen LogP contribution in [0.1, 0.15) is 28.4 Å². The van der Waals surface area contributed by atoms with Crippen LogP contribution in [0, 0.1) is 11.3 Å². The average molecular weight is 280 g/mol. The van der Waals surface area contributed by atoms with E-state index in [2.05, 4.69) is 11.4 Å². The van der Waals surface area contributed by atoms with Crippen molar-refractivity contribution in [3.63, 3.8) is 0 Å². The minimum atomic E-state index is -0.353. The molecule has 0 bridgehead atoms. The van der Waals surface area contributed by atoms with E-state index in [4.69, 9.17) is 10.00 Å². The van der Waals surface area contributed by atoms with Crippen LogP contribution >= 0.6 is 0 Å². The average Bonchev–Trinajstić information content (AvgIpc) is 2.53. The number of para-hydroxylation sites is 1. The molecule has 0 spiro atoms. The molecule has 0 fully saturated rings. The predicted octanol–water partition coefficient (Wildman–Crippen LogP) is 3.35. The lowest BCUT2D eigenvalue weighted by Crippen LogP contribution is -2.10. The number of ether oxygens (including phenoxy) is 1. The van der Waals surface area contributed by atoms with Gasteiger partial charge in [-0.15, -0.1) is 0 Å². The highest BCUT2D eigenvalue weighted by molar-refractivity contribution is 5.95. The van der Waals surface area contributed by atoms with Crippen LogP contribution in [-0.4, -0.2) is 12.6 Å². The monoisotopic (exact) mass is 280 g/mol. The number of rotatable bonds is 5. The van der Waals surface area contributed by atoms with Gasteiger partial charge in [0.05, 0.1) is 23.8 Å². The molecule has 0 amide bonds. The Hall–Kier alpha value is -2.80. The standard InChI is InChI=1S/C17H16N2O2/c1-2-21-17(20)15-9-5-6-10-16(15)19-12-14-8-4-3-7-13(14)11-18/h3-10,19H,2,12H2,1H3. The molecule has 0 aliphatic carbocycles. The van der Waals surface area contributed by atoms with Gasteiger partial charge in [-0.25, -0.2) is 4.79 Å². The van der Waals surface area contributed by atoms with E-state index in [1.807, 2.05) is 30.3 Å². The molecule has 2 rings (SSSR count). The Morgan fingerprint density at radius 3 is 2.67 bits per heavy atom. The first-order valence-corrected chi connectivity index (χ1v) is 6.74. The lowest BCUT2D eigenvalue weighted by Gasteiger charge is -2.12. The second kappa shape index (κ2) is 7.11. The van der Waals surface area contributed by atoms with Crippen LogP contribution in [0.5, 0.6) is 0 Å². The van der Waals surface area contributed by atoms with Crippen LogP contribution in [0.2, 0.25) is 0 Å². The highest BCUT2D eigenvalue weighted by Crippen LogP contribution is 2.18. The minimum absolute atomic E-state index is 0.338. The summed E-state index contributed by atoms with van der Waals surface area (Å²) in [5.74, 6) is -0.353. The molecule has 0 heterocycles. The molecule has 0 unspecified atom stereocenters. The van der Waals surface area contributed by atoms with Gasteiger partial charge in [0.2, 0.25) is 0 Å². The third-order valence-electron chi connectivity index (χ3n) is 3.03. The smallest absolute Gasteiger partial charge is 0.340 e. The molecule has 2 aromatic carbocycles. The molecule has 0 saturated carbocycles. The predicted molar refractivity (Wildman–Crippen MR) is 80.9 cm³/mol. The van der Waals surface area contributed by atoms with E-state index in [0.29, 0.717) is 30.0 Å². The number of nitrogens with one attached hydrogen (secondary N) is 1. The number of benzene rings is 2. The fourth-order valence-corrected chi connectivity index (χ4v) is 2.00. The topological polar surface area (TPSA) is 62.1 Å².